The van der Waals surface area contributed by atoms with Gasteiger partial charge in [0, 0.05) is 24.9 Å². The molecule has 2 nitrogen and oxygen atoms in total. The van der Waals surface area contributed by atoms with Gasteiger partial charge < -0.3 is 10.6 Å². The topological polar surface area (TPSA) is 29.3 Å². The molecule has 1 aliphatic heterocycles. The van der Waals surface area contributed by atoms with E-state index in [0.29, 0.717) is 12.0 Å². The minimum absolute atomic E-state index is 0.350. The van der Waals surface area contributed by atoms with Crippen molar-refractivity contribution in [2.45, 2.75) is 26.3 Å². The molecule has 13 heavy (non-hydrogen) atoms. The van der Waals surface area contributed by atoms with E-state index in [1.54, 1.807) is 0 Å². The van der Waals surface area contributed by atoms with Gasteiger partial charge in [-0.2, -0.15) is 11.8 Å². The summed E-state index contributed by atoms with van der Waals surface area (Å²) >= 11 is 2.07. The van der Waals surface area contributed by atoms with Gasteiger partial charge in [0.05, 0.1) is 0 Å². The van der Waals surface area contributed by atoms with Gasteiger partial charge in [0.25, 0.3) is 0 Å². The Morgan fingerprint density at radius 1 is 1.31 bits per heavy atom. The van der Waals surface area contributed by atoms with Crippen molar-refractivity contribution in [1.82, 2.24) is 4.90 Å². The van der Waals surface area contributed by atoms with Gasteiger partial charge in [-0.05, 0) is 24.6 Å². The molecule has 1 unspecified atom stereocenters. The van der Waals surface area contributed by atoms with Crippen LogP contribution in [0.4, 0.5) is 0 Å². The molecule has 1 atom stereocenters. The van der Waals surface area contributed by atoms with Crippen molar-refractivity contribution in [2.75, 3.05) is 31.1 Å². The van der Waals surface area contributed by atoms with Crippen molar-refractivity contribution in [2.24, 2.45) is 11.7 Å². The maximum Gasteiger partial charge on any atom is 0.0191 e. The van der Waals surface area contributed by atoms with Gasteiger partial charge in [0.15, 0.2) is 0 Å². The van der Waals surface area contributed by atoms with Gasteiger partial charge in [-0.25, -0.2) is 0 Å². The molecule has 78 valence electrons. The monoisotopic (exact) mass is 202 g/mol. The maximum absolute atomic E-state index is 6.05. The largest absolute Gasteiger partial charge is 0.326 e. The second kappa shape index (κ2) is 5.89. The predicted octanol–water partition coefficient (Wildman–Crippen LogP) is 1.41. The summed E-state index contributed by atoms with van der Waals surface area (Å²) in [5.74, 6) is 3.22. The van der Waals surface area contributed by atoms with E-state index in [1.165, 1.54) is 31.0 Å². The smallest absolute Gasteiger partial charge is 0.0191 e. The summed E-state index contributed by atoms with van der Waals surface area (Å²) in [4.78, 5) is 2.52. The lowest BCUT2D eigenvalue weighted by molar-refractivity contribution is 0.254. The van der Waals surface area contributed by atoms with Crippen LogP contribution in [0.3, 0.4) is 0 Å². The molecule has 0 radical (unpaired) electrons. The number of rotatable bonds is 3. The Morgan fingerprint density at radius 2 is 2.08 bits per heavy atom. The molecule has 0 aromatic rings. The summed E-state index contributed by atoms with van der Waals surface area (Å²) in [7, 11) is 0. The van der Waals surface area contributed by atoms with Crippen molar-refractivity contribution in [3.63, 3.8) is 0 Å². The lowest BCUT2D eigenvalue weighted by Gasteiger charge is -2.25. The van der Waals surface area contributed by atoms with Gasteiger partial charge in [-0.3, -0.25) is 0 Å². The van der Waals surface area contributed by atoms with E-state index in [4.69, 9.17) is 5.73 Å². The van der Waals surface area contributed by atoms with Crippen LogP contribution in [0.15, 0.2) is 0 Å². The van der Waals surface area contributed by atoms with Crippen LogP contribution >= 0.6 is 11.8 Å². The number of hydrogen-bond acceptors (Lipinski definition) is 3. The molecule has 0 aromatic carbocycles. The Labute approximate surface area is 86.2 Å². The SMILES string of the molecule is CC(C)C(N)CN1CCCSCC1. The molecule has 0 aliphatic carbocycles. The second-order valence-corrected chi connectivity index (χ2v) is 5.40. The predicted molar refractivity (Wildman–Crippen MR) is 61.2 cm³/mol. The number of nitrogens with zero attached hydrogens (tertiary/aromatic N) is 1. The lowest BCUT2D eigenvalue weighted by Crippen LogP contribution is -2.41. The summed E-state index contributed by atoms with van der Waals surface area (Å²) in [6.45, 7) is 7.96. The molecule has 3 heteroatoms. The van der Waals surface area contributed by atoms with Crippen LogP contribution in [-0.2, 0) is 0 Å². The molecule has 1 saturated heterocycles. The summed E-state index contributed by atoms with van der Waals surface area (Å²) in [6.07, 6.45) is 1.33. The molecule has 1 heterocycles. The van der Waals surface area contributed by atoms with E-state index in [0.717, 1.165) is 6.54 Å². The normalized spacial score (nSPS) is 23.1. The standard InChI is InChI=1S/C10H22N2S/c1-9(2)10(11)8-12-4-3-6-13-7-5-12/h9-10H,3-8,11H2,1-2H3. The Bertz CT molecular complexity index is 131. The first kappa shape index (κ1) is 11.3. The fraction of sp³-hybridized carbons (Fsp3) is 1.00. The summed E-state index contributed by atoms with van der Waals surface area (Å²) in [6, 6.07) is 0.350. The molecule has 2 N–H and O–H groups in total. The van der Waals surface area contributed by atoms with Crippen LogP contribution in [-0.4, -0.2) is 42.1 Å². The highest BCUT2D eigenvalue weighted by atomic mass is 32.2. The minimum atomic E-state index is 0.350. The van der Waals surface area contributed by atoms with Crippen LogP contribution in [0, 0.1) is 5.92 Å². The molecule has 1 rings (SSSR count). The van der Waals surface area contributed by atoms with Crippen molar-refractivity contribution in [3.8, 4) is 0 Å². The van der Waals surface area contributed by atoms with E-state index in [2.05, 4.69) is 30.5 Å². The Morgan fingerprint density at radius 3 is 2.77 bits per heavy atom. The molecular weight excluding hydrogens is 180 g/mol. The third kappa shape index (κ3) is 4.34. The highest BCUT2D eigenvalue weighted by molar-refractivity contribution is 7.99. The summed E-state index contributed by atoms with van der Waals surface area (Å²) < 4.78 is 0. The van der Waals surface area contributed by atoms with Crippen molar-refractivity contribution in [3.05, 3.63) is 0 Å². The fourth-order valence-electron chi connectivity index (χ4n) is 1.49. The summed E-state index contributed by atoms with van der Waals surface area (Å²) in [5.41, 5.74) is 6.05. The number of hydrogen-bond donors (Lipinski definition) is 1. The van der Waals surface area contributed by atoms with Gasteiger partial charge in [-0.15, -0.1) is 0 Å². The average molecular weight is 202 g/mol. The Kier molecular flexibility index (Phi) is 5.14. The molecule has 0 bridgehead atoms. The van der Waals surface area contributed by atoms with Crippen molar-refractivity contribution >= 4 is 11.8 Å². The molecular formula is C10H22N2S. The van der Waals surface area contributed by atoms with Gasteiger partial charge in [0.1, 0.15) is 0 Å². The number of nitrogens with two attached hydrogens (primary N) is 1. The second-order valence-electron chi connectivity index (χ2n) is 4.17. The maximum atomic E-state index is 6.05. The van der Waals surface area contributed by atoms with Crippen molar-refractivity contribution in [1.29, 1.82) is 0 Å². The zero-order valence-corrected chi connectivity index (χ0v) is 9.65. The third-order valence-electron chi connectivity index (χ3n) is 2.64. The molecule has 0 aromatic heterocycles. The third-order valence-corrected chi connectivity index (χ3v) is 3.69. The molecule has 0 saturated carbocycles. The first-order chi connectivity index (χ1) is 6.20. The molecule has 1 fully saturated rings. The Hall–Kier alpha value is 0.270. The molecule has 0 spiro atoms. The van der Waals surface area contributed by atoms with Crippen LogP contribution in [0.25, 0.3) is 0 Å². The fourth-order valence-corrected chi connectivity index (χ4v) is 2.41. The number of thioether (sulfide) groups is 1. The van der Waals surface area contributed by atoms with Gasteiger partial charge in [-0.1, -0.05) is 13.8 Å². The van der Waals surface area contributed by atoms with Gasteiger partial charge in [0.2, 0.25) is 0 Å². The minimum Gasteiger partial charge on any atom is -0.326 e. The van der Waals surface area contributed by atoms with Crippen molar-refractivity contribution < 1.29 is 0 Å². The lowest BCUT2D eigenvalue weighted by atomic mass is 10.1. The highest BCUT2D eigenvalue weighted by Crippen LogP contribution is 2.11. The van der Waals surface area contributed by atoms with E-state index in [1.807, 2.05) is 0 Å². The first-order valence-electron chi connectivity index (χ1n) is 5.26. The average Bonchev–Trinajstić information content (AvgIpc) is 2.32. The quantitative estimate of drug-likeness (QED) is 0.750. The first-order valence-corrected chi connectivity index (χ1v) is 6.41. The van der Waals surface area contributed by atoms with E-state index < -0.39 is 0 Å². The van der Waals surface area contributed by atoms with Crippen LogP contribution in [0.5, 0.6) is 0 Å². The molecule has 0 amide bonds. The zero-order chi connectivity index (χ0) is 9.68. The van der Waals surface area contributed by atoms with E-state index in [-0.39, 0.29) is 0 Å². The highest BCUT2D eigenvalue weighted by Gasteiger charge is 2.14. The van der Waals surface area contributed by atoms with Crippen LogP contribution in [0.1, 0.15) is 20.3 Å². The van der Waals surface area contributed by atoms with Crippen LogP contribution < -0.4 is 5.73 Å². The Balaban J connectivity index is 2.25. The van der Waals surface area contributed by atoms with E-state index in [9.17, 15) is 0 Å². The molecule has 1 aliphatic rings. The summed E-state index contributed by atoms with van der Waals surface area (Å²) in [5, 5.41) is 0. The van der Waals surface area contributed by atoms with Crippen LogP contribution in [0.2, 0.25) is 0 Å². The van der Waals surface area contributed by atoms with E-state index >= 15 is 0 Å². The zero-order valence-electron chi connectivity index (χ0n) is 8.83. The van der Waals surface area contributed by atoms with Gasteiger partial charge >= 0.3 is 0 Å².